The van der Waals surface area contributed by atoms with E-state index in [0.29, 0.717) is 24.0 Å². The molecule has 3 fully saturated rings. The summed E-state index contributed by atoms with van der Waals surface area (Å²) in [7, 11) is 0. The van der Waals surface area contributed by atoms with Gasteiger partial charge in [0.25, 0.3) is 0 Å². The van der Waals surface area contributed by atoms with Crippen molar-refractivity contribution in [2.24, 2.45) is 5.92 Å². The molecule has 2 bridgehead atoms. The third-order valence-corrected chi connectivity index (χ3v) is 10.6. The van der Waals surface area contributed by atoms with Crippen molar-refractivity contribution >= 4 is 17.2 Å². The van der Waals surface area contributed by atoms with Gasteiger partial charge in [0.05, 0.1) is 6.04 Å². The molecule has 2 aliphatic heterocycles. The fourth-order valence-electron chi connectivity index (χ4n) is 7.12. The van der Waals surface area contributed by atoms with Crippen LogP contribution in [0.2, 0.25) is 0 Å². The van der Waals surface area contributed by atoms with Crippen LogP contribution in [-0.4, -0.2) is 44.2 Å². The number of hydrogen-bond acceptors (Lipinski definition) is 5. The molecule has 0 spiro atoms. The Morgan fingerprint density at radius 1 is 1.03 bits per heavy atom. The molecule has 3 aliphatic rings. The third kappa shape index (κ3) is 5.15. The number of carbonyl (C=O) groups excluding carboxylic acids is 1. The highest BCUT2D eigenvalue weighted by molar-refractivity contribution is 7.10. The van der Waals surface area contributed by atoms with E-state index < -0.39 is 0 Å². The van der Waals surface area contributed by atoms with Gasteiger partial charge in [-0.1, -0.05) is 33.1 Å². The van der Waals surface area contributed by atoms with E-state index in [1.807, 2.05) is 11.3 Å². The third-order valence-electron chi connectivity index (χ3n) is 9.24. The Balaban J connectivity index is 1.27. The van der Waals surface area contributed by atoms with E-state index >= 15 is 0 Å². The average molecular weight is 512 g/mol. The average Bonchev–Trinajstić information content (AvgIpc) is 3.49. The molecular formula is C29H45N5OS. The van der Waals surface area contributed by atoms with Crippen LogP contribution in [0.5, 0.6) is 0 Å². The van der Waals surface area contributed by atoms with E-state index in [9.17, 15) is 4.79 Å². The number of amides is 1. The number of nitrogens with one attached hydrogen (secondary N) is 1. The van der Waals surface area contributed by atoms with Gasteiger partial charge in [0.15, 0.2) is 0 Å². The maximum atomic E-state index is 13.3. The summed E-state index contributed by atoms with van der Waals surface area (Å²) in [6.45, 7) is 12.0. The Labute approximate surface area is 221 Å². The molecule has 1 saturated carbocycles. The molecule has 1 aliphatic carbocycles. The largest absolute Gasteiger partial charge is 0.348 e. The number of aryl methyl sites for hydroxylation is 2. The van der Waals surface area contributed by atoms with Crippen LogP contribution in [0.25, 0.3) is 0 Å². The SMILES string of the molecule is Cc1csc([C@H](CCN2[C@H]3CC[C@H]2CC(n2c(C)nnc2C(C)C)C3)NC(=O)C2CCCCC2)c1C. The van der Waals surface area contributed by atoms with E-state index in [4.69, 9.17) is 0 Å². The lowest BCUT2D eigenvalue weighted by Crippen LogP contribution is -2.45. The Kier molecular flexibility index (Phi) is 7.87. The number of aromatic nitrogens is 3. The molecule has 6 nitrogen and oxygen atoms in total. The van der Waals surface area contributed by atoms with Crippen LogP contribution in [-0.2, 0) is 4.79 Å². The van der Waals surface area contributed by atoms with Gasteiger partial charge in [0.1, 0.15) is 11.6 Å². The highest BCUT2D eigenvalue weighted by atomic mass is 32.1. The molecule has 4 heterocycles. The molecule has 0 radical (unpaired) electrons. The fraction of sp³-hybridized carbons (Fsp3) is 0.759. The molecule has 1 amide bonds. The van der Waals surface area contributed by atoms with Crippen LogP contribution in [0.4, 0.5) is 0 Å². The number of nitrogens with zero attached hydrogens (tertiary/aromatic N) is 4. The molecule has 3 atom stereocenters. The topological polar surface area (TPSA) is 63.1 Å². The lowest BCUT2D eigenvalue weighted by Gasteiger charge is -2.40. The van der Waals surface area contributed by atoms with E-state index in [-0.39, 0.29) is 17.9 Å². The summed E-state index contributed by atoms with van der Waals surface area (Å²) < 4.78 is 2.44. The van der Waals surface area contributed by atoms with Gasteiger partial charge in [0.2, 0.25) is 5.91 Å². The number of hydrogen-bond donors (Lipinski definition) is 1. The summed E-state index contributed by atoms with van der Waals surface area (Å²) in [5, 5.41) is 14.7. The Morgan fingerprint density at radius 2 is 1.72 bits per heavy atom. The molecule has 2 saturated heterocycles. The van der Waals surface area contributed by atoms with Crippen LogP contribution in [0.1, 0.15) is 124 Å². The predicted octanol–water partition coefficient (Wildman–Crippen LogP) is 6.38. The van der Waals surface area contributed by atoms with Gasteiger partial charge in [-0.3, -0.25) is 9.69 Å². The number of thiophene rings is 1. The Morgan fingerprint density at radius 3 is 2.33 bits per heavy atom. The smallest absolute Gasteiger partial charge is 0.223 e. The highest BCUT2D eigenvalue weighted by Gasteiger charge is 2.42. The van der Waals surface area contributed by atoms with Crippen LogP contribution < -0.4 is 5.32 Å². The molecule has 36 heavy (non-hydrogen) atoms. The predicted molar refractivity (Wildman–Crippen MR) is 147 cm³/mol. The second-order valence-electron chi connectivity index (χ2n) is 12.0. The first kappa shape index (κ1) is 25.9. The molecule has 198 valence electrons. The fourth-order valence-corrected chi connectivity index (χ4v) is 8.28. The van der Waals surface area contributed by atoms with E-state index in [1.165, 1.54) is 60.9 Å². The highest BCUT2D eigenvalue weighted by Crippen LogP contribution is 2.43. The van der Waals surface area contributed by atoms with Gasteiger partial charge < -0.3 is 9.88 Å². The molecule has 5 rings (SSSR count). The Bertz CT molecular complexity index is 1040. The summed E-state index contributed by atoms with van der Waals surface area (Å²) in [5.41, 5.74) is 2.71. The zero-order chi connectivity index (χ0) is 25.4. The zero-order valence-corrected chi connectivity index (χ0v) is 23.7. The molecule has 7 heteroatoms. The van der Waals surface area contributed by atoms with Crippen LogP contribution in [0.15, 0.2) is 5.38 Å². The molecule has 2 aromatic heterocycles. The van der Waals surface area contributed by atoms with Gasteiger partial charge in [-0.15, -0.1) is 21.5 Å². The van der Waals surface area contributed by atoms with Crippen LogP contribution in [0, 0.1) is 26.7 Å². The van der Waals surface area contributed by atoms with E-state index in [1.54, 1.807) is 0 Å². The minimum absolute atomic E-state index is 0.128. The zero-order valence-electron chi connectivity index (χ0n) is 22.9. The van der Waals surface area contributed by atoms with Crippen molar-refractivity contribution in [3.63, 3.8) is 0 Å². The van der Waals surface area contributed by atoms with Crippen molar-refractivity contribution < 1.29 is 4.79 Å². The van der Waals surface area contributed by atoms with Crippen molar-refractivity contribution in [1.29, 1.82) is 0 Å². The van der Waals surface area contributed by atoms with Gasteiger partial charge in [-0.25, -0.2) is 0 Å². The van der Waals surface area contributed by atoms with Crippen molar-refractivity contribution in [2.75, 3.05) is 6.54 Å². The summed E-state index contributed by atoms with van der Waals surface area (Å²) in [6, 6.07) is 1.88. The number of piperidine rings is 1. The van der Waals surface area contributed by atoms with Crippen molar-refractivity contribution in [2.45, 2.75) is 129 Å². The summed E-state index contributed by atoms with van der Waals surface area (Å²) in [4.78, 5) is 17.4. The second-order valence-corrected chi connectivity index (χ2v) is 12.9. The molecule has 2 aromatic rings. The quantitative estimate of drug-likeness (QED) is 0.446. The van der Waals surface area contributed by atoms with Crippen LogP contribution >= 0.6 is 11.3 Å². The normalized spacial score (nSPS) is 26.0. The molecule has 0 unspecified atom stereocenters. The lowest BCUT2D eigenvalue weighted by molar-refractivity contribution is -0.126. The molecule has 1 N–H and O–H groups in total. The first-order valence-corrected chi connectivity index (χ1v) is 15.2. The van der Waals surface area contributed by atoms with Gasteiger partial charge in [0, 0.05) is 41.4 Å². The minimum atomic E-state index is 0.128. The standard InChI is InChI=1S/C29H45N5OS/c1-18(2)28-32-31-21(5)34(28)25-15-23-11-12-24(16-25)33(23)14-13-26(27-20(4)19(3)17-36-27)30-29(35)22-9-7-6-8-10-22/h17-18,22-26H,6-16H2,1-5H3,(H,30,35)/t23-,24-,26-/m0/s1. The molecular weight excluding hydrogens is 466 g/mol. The second kappa shape index (κ2) is 10.9. The lowest BCUT2D eigenvalue weighted by atomic mass is 9.88. The van der Waals surface area contributed by atoms with Crippen molar-refractivity contribution in [3.05, 3.63) is 33.0 Å². The van der Waals surface area contributed by atoms with Crippen molar-refractivity contribution in [3.8, 4) is 0 Å². The number of fused-ring (bicyclic) bond motifs is 2. The van der Waals surface area contributed by atoms with Crippen LogP contribution in [0.3, 0.4) is 0 Å². The maximum Gasteiger partial charge on any atom is 0.223 e. The summed E-state index contributed by atoms with van der Waals surface area (Å²) in [6.07, 6.45) is 11.7. The van der Waals surface area contributed by atoms with Crippen molar-refractivity contribution in [1.82, 2.24) is 25.0 Å². The summed E-state index contributed by atoms with van der Waals surface area (Å²) >= 11 is 1.83. The van der Waals surface area contributed by atoms with E-state index in [2.05, 4.69) is 65.0 Å². The minimum Gasteiger partial charge on any atom is -0.348 e. The number of rotatable bonds is 8. The first-order chi connectivity index (χ1) is 17.3. The van der Waals surface area contributed by atoms with Gasteiger partial charge in [-0.2, -0.15) is 0 Å². The summed E-state index contributed by atoms with van der Waals surface area (Å²) in [5.74, 6) is 3.09. The first-order valence-electron chi connectivity index (χ1n) is 14.4. The maximum absolute atomic E-state index is 13.3. The van der Waals surface area contributed by atoms with Gasteiger partial charge in [-0.05, 0) is 82.2 Å². The molecule has 0 aromatic carbocycles. The van der Waals surface area contributed by atoms with Gasteiger partial charge >= 0.3 is 0 Å². The monoisotopic (exact) mass is 511 g/mol. The number of carbonyl (C=O) groups is 1. The van der Waals surface area contributed by atoms with E-state index in [0.717, 1.165) is 37.5 Å². The Hall–Kier alpha value is -1.73.